The third kappa shape index (κ3) is 5.87. The van der Waals surface area contributed by atoms with Gasteiger partial charge in [-0.05, 0) is 59.4 Å². The van der Waals surface area contributed by atoms with Gasteiger partial charge < -0.3 is 16.0 Å². The highest BCUT2D eigenvalue weighted by Gasteiger charge is 2.38. The van der Waals surface area contributed by atoms with Crippen LogP contribution in [0.5, 0.6) is 0 Å². The highest BCUT2D eigenvalue weighted by molar-refractivity contribution is 5.74. The van der Waals surface area contributed by atoms with Crippen molar-refractivity contribution in [3.05, 3.63) is 35.4 Å². The van der Waals surface area contributed by atoms with Crippen LogP contribution in [0.15, 0.2) is 24.3 Å². The van der Waals surface area contributed by atoms with E-state index in [1.807, 2.05) is 0 Å². The molecule has 23 heavy (non-hydrogen) atoms. The van der Waals surface area contributed by atoms with Crippen LogP contribution in [0.1, 0.15) is 51.7 Å². The van der Waals surface area contributed by atoms with E-state index in [1.54, 1.807) is 0 Å². The molecule has 4 heteroatoms. The van der Waals surface area contributed by atoms with E-state index >= 15 is 0 Å². The number of piperidine rings is 1. The van der Waals surface area contributed by atoms with Gasteiger partial charge in [-0.15, -0.1) is 0 Å². The zero-order valence-corrected chi connectivity index (χ0v) is 15.1. The maximum Gasteiger partial charge on any atom is 0.315 e. The van der Waals surface area contributed by atoms with E-state index < -0.39 is 0 Å². The first-order chi connectivity index (χ1) is 10.7. The highest BCUT2D eigenvalue weighted by Crippen LogP contribution is 2.28. The molecule has 2 amide bonds. The van der Waals surface area contributed by atoms with Gasteiger partial charge in [0.1, 0.15) is 0 Å². The summed E-state index contributed by atoms with van der Waals surface area (Å²) in [4.78, 5) is 12.1. The van der Waals surface area contributed by atoms with Gasteiger partial charge in [-0.1, -0.05) is 29.8 Å². The summed E-state index contributed by atoms with van der Waals surface area (Å²) in [5.74, 6) is 0. The Morgan fingerprint density at radius 3 is 2.26 bits per heavy atom. The molecule has 0 spiro atoms. The van der Waals surface area contributed by atoms with Crippen LogP contribution in [0.2, 0.25) is 0 Å². The average Bonchev–Trinajstić information content (AvgIpc) is 2.37. The van der Waals surface area contributed by atoms with Crippen molar-refractivity contribution in [1.82, 2.24) is 16.0 Å². The Morgan fingerprint density at radius 1 is 1.13 bits per heavy atom. The molecule has 1 heterocycles. The van der Waals surface area contributed by atoms with Gasteiger partial charge >= 0.3 is 6.03 Å². The lowest BCUT2D eigenvalue weighted by Crippen LogP contribution is -2.62. The van der Waals surface area contributed by atoms with E-state index in [0.29, 0.717) is 6.54 Å². The normalized spacial score (nSPS) is 20.0. The molecule has 1 fully saturated rings. The monoisotopic (exact) mass is 317 g/mol. The number of rotatable bonds is 4. The molecule has 0 aromatic heterocycles. The number of carbonyl (C=O) groups is 1. The third-order valence-corrected chi connectivity index (χ3v) is 4.35. The Kier molecular flexibility index (Phi) is 5.35. The molecule has 1 aromatic carbocycles. The van der Waals surface area contributed by atoms with Crippen LogP contribution in [0.3, 0.4) is 0 Å². The lowest BCUT2D eigenvalue weighted by molar-refractivity contribution is 0.147. The molecule has 0 unspecified atom stereocenters. The number of hydrogen-bond donors (Lipinski definition) is 3. The Morgan fingerprint density at radius 2 is 1.70 bits per heavy atom. The molecule has 3 N–H and O–H groups in total. The number of hydrogen-bond acceptors (Lipinski definition) is 2. The summed E-state index contributed by atoms with van der Waals surface area (Å²) < 4.78 is 0. The number of carbonyl (C=O) groups excluding carboxylic acids is 1. The molecule has 0 radical (unpaired) electrons. The van der Waals surface area contributed by atoms with Crippen LogP contribution in [-0.4, -0.2) is 29.7 Å². The minimum absolute atomic E-state index is 0.0432. The average molecular weight is 317 g/mol. The fourth-order valence-electron chi connectivity index (χ4n) is 3.74. The Bertz CT molecular complexity index is 518. The summed E-state index contributed by atoms with van der Waals surface area (Å²) in [6.07, 6.45) is 2.75. The van der Waals surface area contributed by atoms with Crippen molar-refractivity contribution in [3.63, 3.8) is 0 Å². The lowest BCUT2D eigenvalue weighted by atomic mass is 9.80. The smallest absolute Gasteiger partial charge is 0.315 e. The number of benzene rings is 1. The van der Waals surface area contributed by atoms with E-state index in [0.717, 1.165) is 19.3 Å². The van der Waals surface area contributed by atoms with Crippen LogP contribution in [0.4, 0.5) is 4.79 Å². The molecular weight excluding hydrogens is 286 g/mol. The number of nitrogens with one attached hydrogen (secondary N) is 3. The van der Waals surface area contributed by atoms with Crippen molar-refractivity contribution in [2.45, 2.75) is 71.0 Å². The van der Waals surface area contributed by atoms with Gasteiger partial charge in [-0.25, -0.2) is 4.79 Å². The molecule has 4 nitrogen and oxygen atoms in total. The first-order valence-electron chi connectivity index (χ1n) is 8.54. The summed E-state index contributed by atoms with van der Waals surface area (Å²) in [5, 5.41) is 9.75. The van der Waals surface area contributed by atoms with Crippen molar-refractivity contribution < 1.29 is 4.79 Å². The van der Waals surface area contributed by atoms with Crippen molar-refractivity contribution in [3.8, 4) is 0 Å². The molecular formula is C19H31N3O. The summed E-state index contributed by atoms with van der Waals surface area (Å²) >= 11 is 0. The predicted octanol–water partition coefficient (Wildman–Crippen LogP) is 3.15. The largest absolute Gasteiger partial charge is 0.338 e. The van der Waals surface area contributed by atoms with Crippen molar-refractivity contribution in [2.24, 2.45) is 0 Å². The maximum absolute atomic E-state index is 12.1. The SMILES string of the molecule is Cc1ccc(CCNC(=O)NC2CC(C)(C)NC(C)(C)C2)cc1. The standard InChI is InChI=1S/C19H31N3O/c1-14-6-8-15(9-7-14)10-11-20-17(23)21-16-12-18(2,3)22-19(4,5)13-16/h6-9,16,22H,10-13H2,1-5H3,(H2,20,21,23). The molecule has 1 aliphatic heterocycles. The highest BCUT2D eigenvalue weighted by atomic mass is 16.2. The second-order valence-corrected chi connectivity index (χ2v) is 8.13. The van der Waals surface area contributed by atoms with Gasteiger partial charge in [0.15, 0.2) is 0 Å². The zero-order chi connectivity index (χ0) is 17.1. The van der Waals surface area contributed by atoms with Gasteiger partial charge in [0.25, 0.3) is 0 Å². The zero-order valence-electron chi connectivity index (χ0n) is 15.1. The fraction of sp³-hybridized carbons (Fsp3) is 0.632. The number of amides is 2. The topological polar surface area (TPSA) is 53.2 Å². The molecule has 1 saturated heterocycles. The molecule has 0 saturated carbocycles. The van der Waals surface area contributed by atoms with Crippen LogP contribution in [-0.2, 0) is 6.42 Å². The molecule has 1 aromatic rings. The molecule has 0 atom stereocenters. The van der Waals surface area contributed by atoms with Gasteiger partial charge in [-0.2, -0.15) is 0 Å². The molecule has 0 aliphatic carbocycles. The van der Waals surface area contributed by atoms with Gasteiger partial charge in [0.05, 0.1) is 0 Å². The van der Waals surface area contributed by atoms with Crippen molar-refractivity contribution in [2.75, 3.05) is 6.54 Å². The maximum atomic E-state index is 12.1. The van der Waals surface area contributed by atoms with Crippen molar-refractivity contribution in [1.29, 1.82) is 0 Å². The molecule has 0 bridgehead atoms. The van der Waals surface area contributed by atoms with Crippen LogP contribution in [0.25, 0.3) is 0 Å². The van der Waals surface area contributed by atoms with Crippen LogP contribution < -0.4 is 16.0 Å². The summed E-state index contributed by atoms with van der Waals surface area (Å²) in [5.41, 5.74) is 2.60. The summed E-state index contributed by atoms with van der Waals surface area (Å²) in [7, 11) is 0. The second kappa shape index (κ2) is 6.91. The second-order valence-electron chi connectivity index (χ2n) is 8.13. The fourth-order valence-corrected chi connectivity index (χ4v) is 3.74. The van der Waals surface area contributed by atoms with Gasteiger partial charge in [-0.3, -0.25) is 0 Å². The molecule has 128 valence electrons. The van der Waals surface area contributed by atoms with Crippen LogP contribution in [0, 0.1) is 6.92 Å². The summed E-state index contributed by atoms with van der Waals surface area (Å²) in [6.45, 7) is 11.5. The Hall–Kier alpha value is -1.55. The van der Waals surface area contributed by atoms with Crippen molar-refractivity contribution >= 4 is 6.03 Å². The van der Waals surface area contributed by atoms with Crippen LogP contribution >= 0.6 is 0 Å². The predicted molar refractivity (Wildman–Crippen MR) is 95.7 cm³/mol. The Labute approximate surface area is 140 Å². The first-order valence-corrected chi connectivity index (χ1v) is 8.54. The van der Waals surface area contributed by atoms with E-state index in [1.165, 1.54) is 11.1 Å². The van der Waals surface area contributed by atoms with E-state index in [9.17, 15) is 4.79 Å². The van der Waals surface area contributed by atoms with E-state index in [-0.39, 0.29) is 23.2 Å². The van der Waals surface area contributed by atoms with E-state index in [4.69, 9.17) is 0 Å². The molecule has 1 aliphatic rings. The van der Waals surface area contributed by atoms with Gasteiger partial charge in [0.2, 0.25) is 0 Å². The van der Waals surface area contributed by atoms with E-state index in [2.05, 4.69) is 74.8 Å². The first kappa shape index (κ1) is 17.8. The summed E-state index contributed by atoms with van der Waals surface area (Å²) in [6, 6.07) is 8.60. The minimum atomic E-state index is -0.0596. The quantitative estimate of drug-likeness (QED) is 0.799. The number of urea groups is 1. The molecule has 2 rings (SSSR count). The number of aryl methyl sites for hydroxylation is 1. The third-order valence-electron chi connectivity index (χ3n) is 4.35. The Balaban J connectivity index is 1.77. The minimum Gasteiger partial charge on any atom is -0.338 e. The van der Waals surface area contributed by atoms with Gasteiger partial charge in [0, 0.05) is 23.7 Å². The lowest BCUT2D eigenvalue weighted by Gasteiger charge is -2.46.